The lowest BCUT2D eigenvalue weighted by Gasteiger charge is -2.29. The van der Waals surface area contributed by atoms with Crippen LogP contribution in [0.4, 0.5) is 10.9 Å². The molecule has 1 aliphatic heterocycles. The fraction of sp³-hybridized carbons (Fsp3) is 0.533. The minimum atomic E-state index is 0.0775. The summed E-state index contributed by atoms with van der Waals surface area (Å²) in [6.07, 6.45) is 5.83. The van der Waals surface area contributed by atoms with Crippen molar-refractivity contribution in [1.29, 1.82) is 0 Å². The minimum absolute atomic E-state index is 0.0775. The van der Waals surface area contributed by atoms with Crippen LogP contribution in [0.1, 0.15) is 25.7 Å². The van der Waals surface area contributed by atoms with Gasteiger partial charge < -0.3 is 10.2 Å². The molecule has 4 rings (SSSR count). The van der Waals surface area contributed by atoms with Crippen molar-refractivity contribution in [3.63, 3.8) is 0 Å². The molecule has 1 N–H and O–H groups in total. The summed E-state index contributed by atoms with van der Waals surface area (Å²) < 4.78 is 0.947. The van der Waals surface area contributed by atoms with Gasteiger partial charge in [0, 0.05) is 25.2 Å². The van der Waals surface area contributed by atoms with Crippen LogP contribution in [0.3, 0.4) is 0 Å². The second-order valence-electron chi connectivity index (χ2n) is 5.95. The molecule has 0 radical (unpaired) electrons. The molecule has 22 heavy (non-hydrogen) atoms. The third-order valence-electron chi connectivity index (χ3n) is 4.12. The maximum absolute atomic E-state index is 12.0. The molecule has 0 spiro atoms. The number of anilines is 2. The molecule has 2 aliphatic rings. The normalized spacial score (nSPS) is 22.0. The summed E-state index contributed by atoms with van der Waals surface area (Å²) >= 11 is 7.85. The summed E-state index contributed by atoms with van der Waals surface area (Å²) in [4.78, 5) is 23.2. The SMILES string of the molecule is O=C(Nc1nccc2nc(N3CCC[C@@H](Cl)C3)sc12)C1CC1. The molecule has 1 atom stereocenters. The van der Waals surface area contributed by atoms with Gasteiger partial charge in [0.1, 0.15) is 0 Å². The topological polar surface area (TPSA) is 58.1 Å². The van der Waals surface area contributed by atoms with Gasteiger partial charge in [0.05, 0.1) is 15.6 Å². The lowest BCUT2D eigenvalue weighted by atomic mass is 10.1. The van der Waals surface area contributed by atoms with Crippen molar-refractivity contribution < 1.29 is 4.79 Å². The zero-order valence-corrected chi connectivity index (χ0v) is 13.7. The molecule has 1 amide bonds. The van der Waals surface area contributed by atoms with E-state index in [9.17, 15) is 4.79 Å². The fourth-order valence-corrected chi connectivity index (χ4v) is 4.09. The number of halogens is 1. The zero-order valence-electron chi connectivity index (χ0n) is 12.1. The van der Waals surface area contributed by atoms with Gasteiger partial charge in [0.25, 0.3) is 0 Å². The predicted octanol–water partition coefficient (Wildman–Crippen LogP) is 3.25. The van der Waals surface area contributed by atoms with E-state index >= 15 is 0 Å². The Morgan fingerprint density at radius 2 is 2.27 bits per heavy atom. The predicted molar refractivity (Wildman–Crippen MR) is 89.9 cm³/mol. The largest absolute Gasteiger partial charge is 0.347 e. The summed E-state index contributed by atoms with van der Waals surface area (Å²) in [6.45, 7) is 1.82. The smallest absolute Gasteiger partial charge is 0.228 e. The number of rotatable bonds is 3. The Balaban J connectivity index is 1.63. The highest BCUT2D eigenvalue weighted by atomic mass is 35.5. The third kappa shape index (κ3) is 2.77. The average molecular weight is 337 g/mol. The van der Waals surface area contributed by atoms with Crippen LogP contribution in [0.5, 0.6) is 0 Å². The van der Waals surface area contributed by atoms with Crippen molar-refractivity contribution >= 4 is 50.0 Å². The van der Waals surface area contributed by atoms with Crippen LogP contribution >= 0.6 is 22.9 Å². The highest BCUT2D eigenvalue weighted by Crippen LogP contribution is 2.36. The van der Waals surface area contributed by atoms with Gasteiger partial charge in [-0.25, -0.2) is 9.97 Å². The number of nitrogens with zero attached hydrogens (tertiary/aromatic N) is 3. The van der Waals surface area contributed by atoms with Gasteiger partial charge in [-0.1, -0.05) is 11.3 Å². The van der Waals surface area contributed by atoms with Crippen LogP contribution in [0.15, 0.2) is 12.3 Å². The number of aromatic nitrogens is 2. The van der Waals surface area contributed by atoms with Crippen molar-refractivity contribution in [2.75, 3.05) is 23.3 Å². The Kier molecular flexibility index (Phi) is 3.66. The monoisotopic (exact) mass is 336 g/mol. The van der Waals surface area contributed by atoms with Crippen LogP contribution in [-0.4, -0.2) is 34.3 Å². The number of piperidine rings is 1. The fourth-order valence-electron chi connectivity index (χ4n) is 2.73. The molecule has 3 heterocycles. The van der Waals surface area contributed by atoms with E-state index in [2.05, 4.69) is 15.2 Å². The van der Waals surface area contributed by atoms with Crippen molar-refractivity contribution in [1.82, 2.24) is 9.97 Å². The van der Waals surface area contributed by atoms with E-state index in [1.165, 1.54) is 0 Å². The molecule has 1 saturated carbocycles. The quantitative estimate of drug-likeness (QED) is 0.874. The van der Waals surface area contributed by atoms with Crippen LogP contribution < -0.4 is 10.2 Å². The van der Waals surface area contributed by atoms with E-state index in [-0.39, 0.29) is 17.2 Å². The number of hydrogen-bond donors (Lipinski definition) is 1. The van der Waals surface area contributed by atoms with Crippen LogP contribution in [0.25, 0.3) is 10.2 Å². The summed E-state index contributed by atoms with van der Waals surface area (Å²) in [5, 5.41) is 4.10. The van der Waals surface area contributed by atoms with Gasteiger partial charge in [-0.05, 0) is 31.7 Å². The Hall–Kier alpha value is -1.40. The van der Waals surface area contributed by atoms with Crippen LogP contribution in [-0.2, 0) is 4.79 Å². The van der Waals surface area contributed by atoms with E-state index in [4.69, 9.17) is 16.6 Å². The number of hydrogen-bond acceptors (Lipinski definition) is 5. The number of carbonyl (C=O) groups is 1. The molecule has 0 unspecified atom stereocenters. The molecule has 2 aromatic heterocycles. The maximum Gasteiger partial charge on any atom is 0.228 e. The summed E-state index contributed by atoms with van der Waals surface area (Å²) in [7, 11) is 0. The van der Waals surface area contributed by atoms with E-state index in [0.717, 1.165) is 54.1 Å². The lowest BCUT2D eigenvalue weighted by molar-refractivity contribution is -0.117. The first-order chi connectivity index (χ1) is 10.7. The number of alkyl halides is 1. The van der Waals surface area contributed by atoms with Crippen molar-refractivity contribution in [2.45, 2.75) is 31.1 Å². The van der Waals surface area contributed by atoms with E-state index in [1.807, 2.05) is 6.07 Å². The Morgan fingerprint density at radius 3 is 3.05 bits per heavy atom. The maximum atomic E-state index is 12.0. The average Bonchev–Trinajstić information content (AvgIpc) is 3.26. The third-order valence-corrected chi connectivity index (χ3v) is 5.61. The van der Waals surface area contributed by atoms with Gasteiger partial charge in [-0.15, -0.1) is 11.6 Å². The van der Waals surface area contributed by atoms with Gasteiger partial charge in [0.2, 0.25) is 5.91 Å². The molecule has 1 saturated heterocycles. The minimum Gasteiger partial charge on any atom is -0.347 e. The molecule has 0 bridgehead atoms. The Bertz CT molecular complexity index is 715. The summed E-state index contributed by atoms with van der Waals surface area (Å²) in [5.74, 6) is 0.884. The second-order valence-corrected chi connectivity index (χ2v) is 7.55. The lowest BCUT2D eigenvalue weighted by Crippen LogP contribution is -2.35. The molecule has 2 fully saturated rings. The molecule has 1 aliphatic carbocycles. The van der Waals surface area contributed by atoms with E-state index < -0.39 is 0 Å². The van der Waals surface area contributed by atoms with Crippen molar-refractivity contribution in [3.8, 4) is 0 Å². The first-order valence-electron chi connectivity index (χ1n) is 7.66. The van der Waals surface area contributed by atoms with Crippen LogP contribution in [0.2, 0.25) is 0 Å². The molecular formula is C15H17ClN4OS. The van der Waals surface area contributed by atoms with Gasteiger partial charge in [-0.3, -0.25) is 4.79 Å². The van der Waals surface area contributed by atoms with Gasteiger partial charge >= 0.3 is 0 Å². The Labute approximate surface area is 137 Å². The molecule has 7 heteroatoms. The van der Waals surface area contributed by atoms with Crippen LogP contribution in [0, 0.1) is 5.92 Å². The number of fused-ring (bicyclic) bond motifs is 1. The first kappa shape index (κ1) is 14.2. The second kappa shape index (κ2) is 5.66. The highest BCUT2D eigenvalue weighted by molar-refractivity contribution is 7.22. The zero-order chi connectivity index (χ0) is 15.1. The van der Waals surface area contributed by atoms with Crippen molar-refractivity contribution in [2.24, 2.45) is 5.92 Å². The van der Waals surface area contributed by atoms with E-state index in [1.54, 1.807) is 17.5 Å². The number of nitrogens with one attached hydrogen (secondary N) is 1. The highest BCUT2D eigenvalue weighted by Gasteiger charge is 2.30. The Morgan fingerprint density at radius 1 is 1.41 bits per heavy atom. The summed E-state index contributed by atoms with van der Waals surface area (Å²) in [5.41, 5.74) is 0.887. The number of amides is 1. The standard InChI is InChI=1S/C15H17ClN4OS/c16-10-2-1-7-20(8-10)15-18-11-5-6-17-13(12(11)22-15)19-14(21)9-3-4-9/h5-6,9-10H,1-4,7-8H2,(H,17,19,21)/t10-/m1/s1. The van der Waals surface area contributed by atoms with E-state index in [0.29, 0.717) is 5.82 Å². The number of pyridine rings is 1. The number of thiazole rings is 1. The van der Waals surface area contributed by atoms with Gasteiger partial charge in [0.15, 0.2) is 10.9 Å². The molecular weight excluding hydrogens is 320 g/mol. The molecule has 2 aromatic rings. The molecule has 116 valence electrons. The molecule has 5 nitrogen and oxygen atoms in total. The summed E-state index contributed by atoms with van der Waals surface area (Å²) in [6, 6.07) is 1.89. The van der Waals surface area contributed by atoms with Gasteiger partial charge in [-0.2, -0.15) is 0 Å². The first-order valence-corrected chi connectivity index (χ1v) is 8.91. The van der Waals surface area contributed by atoms with Crippen molar-refractivity contribution in [3.05, 3.63) is 12.3 Å². The number of carbonyl (C=O) groups excluding carboxylic acids is 1. The molecule has 0 aromatic carbocycles.